The third-order valence-corrected chi connectivity index (χ3v) is 3.88. The Morgan fingerprint density at radius 3 is 2.79 bits per heavy atom. The largest absolute Gasteiger partial charge is 0.487 e. The zero-order chi connectivity index (χ0) is 17.3. The first-order valence-corrected chi connectivity index (χ1v) is 7.64. The number of fused-ring (bicyclic) bond motifs is 1. The second-order valence-electron chi connectivity index (χ2n) is 5.82. The molecule has 126 valence electrons. The highest BCUT2D eigenvalue weighted by Crippen LogP contribution is 2.35. The van der Waals surface area contributed by atoms with Crippen molar-refractivity contribution in [2.45, 2.75) is 25.6 Å². The lowest BCUT2D eigenvalue weighted by atomic mass is 10.0. The van der Waals surface area contributed by atoms with E-state index < -0.39 is 17.7 Å². The average Bonchev–Trinajstić information content (AvgIpc) is 2.53. The molecule has 0 saturated carbocycles. The summed E-state index contributed by atoms with van der Waals surface area (Å²) in [6.45, 7) is 2.07. The quantitative estimate of drug-likeness (QED) is 0.938. The van der Waals surface area contributed by atoms with Gasteiger partial charge in [0, 0.05) is 6.07 Å². The number of hydrogen-bond acceptors (Lipinski definition) is 3. The molecule has 1 aliphatic rings. The molecular weight excluding hydrogens is 316 g/mol. The van der Waals surface area contributed by atoms with Gasteiger partial charge in [0.25, 0.3) is 0 Å². The molecule has 0 spiro atoms. The monoisotopic (exact) mass is 333 g/mol. The van der Waals surface area contributed by atoms with Crippen LogP contribution in [0.4, 0.5) is 14.5 Å². The van der Waals surface area contributed by atoms with E-state index in [2.05, 4.69) is 0 Å². The Morgan fingerprint density at radius 2 is 2.04 bits per heavy atom. The van der Waals surface area contributed by atoms with Crippen LogP contribution in [0.2, 0.25) is 0 Å². The Kier molecular flexibility index (Phi) is 4.49. The Balaban J connectivity index is 1.80. The summed E-state index contributed by atoms with van der Waals surface area (Å²) in [5.41, 5.74) is 0.801. The van der Waals surface area contributed by atoms with Crippen molar-refractivity contribution >= 4 is 11.6 Å². The highest BCUT2D eigenvalue weighted by atomic mass is 19.1. The molecule has 3 rings (SSSR count). The van der Waals surface area contributed by atoms with Crippen LogP contribution < -0.4 is 9.64 Å². The Labute approximate surface area is 138 Å². The predicted octanol–water partition coefficient (Wildman–Crippen LogP) is 3.20. The van der Waals surface area contributed by atoms with Gasteiger partial charge in [-0.15, -0.1) is 0 Å². The van der Waals surface area contributed by atoms with E-state index in [1.165, 1.54) is 41.3 Å². The first-order valence-electron chi connectivity index (χ1n) is 7.64. The molecule has 6 heteroatoms. The molecule has 0 aliphatic carbocycles. The summed E-state index contributed by atoms with van der Waals surface area (Å²) >= 11 is 0. The summed E-state index contributed by atoms with van der Waals surface area (Å²) in [4.78, 5) is 14.0. The fourth-order valence-electron chi connectivity index (χ4n) is 2.76. The maximum absolute atomic E-state index is 13.4. The maximum Gasteiger partial charge on any atom is 0.230 e. The minimum atomic E-state index is -1.12. The summed E-state index contributed by atoms with van der Waals surface area (Å²) in [5.74, 6) is -0.966. The average molecular weight is 333 g/mol. The second kappa shape index (κ2) is 6.57. The van der Waals surface area contributed by atoms with Crippen molar-refractivity contribution in [3.05, 3.63) is 59.7 Å². The third kappa shape index (κ3) is 3.38. The minimum absolute atomic E-state index is 0.201. The molecule has 0 aromatic heterocycles. The number of ether oxygens (including phenoxy) is 1. The van der Waals surface area contributed by atoms with Crippen LogP contribution in [0, 0.1) is 11.6 Å². The first-order chi connectivity index (χ1) is 11.4. The number of aliphatic hydroxyl groups excluding tert-OH is 1. The van der Waals surface area contributed by atoms with E-state index in [1.807, 2.05) is 0 Å². The van der Waals surface area contributed by atoms with E-state index in [-0.39, 0.29) is 18.4 Å². The smallest absolute Gasteiger partial charge is 0.230 e. The summed E-state index contributed by atoms with van der Waals surface area (Å²) in [6, 6.07) is 9.47. The molecule has 2 unspecified atom stereocenters. The van der Waals surface area contributed by atoms with Crippen LogP contribution in [-0.2, 0) is 4.79 Å². The number of halogens is 2. The Morgan fingerprint density at radius 1 is 1.29 bits per heavy atom. The predicted molar refractivity (Wildman–Crippen MR) is 84.8 cm³/mol. The highest BCUT2D eigenvalue weighted by molar-refractivity contribution is 5.95. The molecule has 0 fully saturated rings. The summed E-state index contributed by atoms with van der Waals surface area (Å²) < 4.78 is 32.2. The Hall–Kier alpha value is -2.47. The molecule has 1 heterocycles. The SMILES string of the molecule is CC1CN(C(=O)CC(O)c2cccc(F)c2)c2ccc(F)cc2O1. The van der Waals surface area contributed by atoms with Gasteiger partial charge in [-0.05, 0) is 36.8 Å². The van der Waals surface area contributed by atoms with Crippen LogP contribution in [0.25, 0.3) is 0 Å². The van der Waals surface area contributed by atoms with Gasteiger partial charge in [0.2, 0.25) is 5.91 Å². The topological polar surface area (TPSA) is 49.8 Å². The lowest BCUT2D eigenvalue weighted by molar-refractivity contribution is -0.121. The van der Waals surface area contributed by atoms with Crippen LogP contribution >= 0.6 is 0 Å². The zero-order valence-electron chi connectivity index (χ0n) is 13.1. The van der Waals surface area contributed by atoms with Gasteiger partial charge in [0.05, 0.1) is 24.8 Å². The van der Waals surface area contributed by atoms with E-state index in [0.29, 0.717) is 23.5 Å². The molecule has 0 bridgehead atoms. The van der Waals surface area contributed by atoms with E-state index in [0.717, 1.165) is 0 Å². The van der Waals surface area contributed by atoms with Gasteiger partial charge in [-0.3, -0.25) is 4.79 Å². The number of carbonyl (C=O) groups is 1. The van der Waals surface area contributed by atoms with Gasteiger partial charge in [0.1, 0.15) is 23.5 Å². The van der Waals surface area contributed by atoms with Crippen LogP contribution in [0.1, 0.15) is 25.0 Å². The molecule has 0 saturated heterocycles. The minimum Gasteiger partial charge on any atom is -0.487 e. The summed E-state index contributed by atoms with van der Waals surface area (Å²) in [7, 11) is 0. The van der Waals surface area contributed by atoms with Gasteiger partial charge in [-0.25, -0.2) is 8.78 Å². The fraction of sp³-hybridized carbons (Fsp3) is 0.278. The van der Waals surface area contributed by atoms with E-state index >= 15 is 0 Å². The molecule has 2 atom stereocenters. The molecule has 0 radical (unpaired) electrons. The number of anilines is 1. The number of rotatable bonds is 3. The van der Waals surface area contributed by atoms with Crippen molar-refractivity contribution in [2.75, 3.05) is 11.4 Å². The van der Waals surface area contributed by atoms with Crippen molar-refractivity contribution < 1.29 is 23.4 Å². The molecule has 1 aliphatic heterocycles. The normalized spacial score (nSPS) is 17.8. The standard InChI is InChI=1S/C18H17F2NO3/c1-11-10-21(15-6-5-14(20)8-17(15)24-11)18(23)9-16(22)12-3-2-4-13(19)7-12/h2-8,11,16,22H,9-10H2,1H3. The molecule has 24 heavy (non-hydrogen) atoms. The van der Waals surface area contributed by atoms with Crippen molar-refractivity contribution in [2.24, 2.45) is 0 Å². The molecule has 2 aromatic carbocycles. The maximum atomic E-state index is 13.4. The van der Waals surface area contributed by atoms with Crippen LogP contribution in [-0.4, -0.2) is 23.7 Å². The zero-order valence-corrected chi connectivity index (χ0v) is 13.1. The van der Waals surface area contributed by atoms with Crippen LogP contribution in [0.3, 0.4) is 0 Å². The number of aliphatic hydroxyl groups is 1. The number of amides is 1. The molecular formula is C18H17F2NO3. The van der Waals surface area contributed by atoms with Crippen molar-refractivity contribution in [3.63, 3.8) is 0 Å². The lowest BCUT2D eigenvalue weighted by Gasteiger charge is -2.34. The fourth-order valence-corrected chi connectivity index (χ4v) is 2.76. The van der Waals surface area contributed by atoms with Crippen molar-refractivity contribution in [3.8, 4) is 5.75 Å². The van der Waals surface area contributed by atoms with Crippen molar-refractivity contribution in [1.29, 1.82) is 0 Å². The third-order valence-electron chi connectivity index (χ3n) is 3.88. The van der Waals surface area contributed by atoms with Crippen LogP contribution in [0.15, 0.2) is 42.5 Å². The molecule has 1 amide bonds. The first kappa shape index (κ1) is 16.4. The van der Waals surface area contributed by atoms with Gasteiger partial charge in [-0.2, -0.15) is 0 Å². The number of hydrogen-bond donors (Lipinski definition) is 1. The van der Waals surface area contributed by atoms with E-state index in [4.69, 9.17) is 4.74 Å². The van der Waals surface area contributed by atoms with Crippen LogP contribution in [0.5, 0.6) is 5.75 Å². The van der Waals surface area contributed by atoms with E-state index in [1.54, 1.807) is 13.0 Å². The van der Waals surface area contributed by atoms with Gasteiger partial charge < -0.3 is 14.7 Å². The van der Waals surface area contributed by atoms with E-state index in [9.17, 15) is 18.7 Å². The molecule has 4 nitrogen and oxygen atoms in total. The molecule has 1 N–H and O–H groups in total. The summed E-state index contributed by atoms with van der Waals surface area (Å²) in [6.07, 6.45) is -1.61. The lowest BCUT2D eigenvalue weighted by Crippen LogP contribution is -2.42. The van der Waals surface area contributed by atoms with Crippen molar-refractivity contribution in [1.82, 2.24) is 0 Å². The van der Waals surface area contributed by atoms with Gasteiger partial charge >= 0.3 is 0 Å². The Bertz CT molecular complexity index is 766. The second-order valence-corrected chi connectivity index (χ2v) is 5.82. The number of nitrogens with zero attached hydrogens (tertiary/aromatic N) is 1. The van der Waals surface area contributed by atoms with Gasteiger partial charge in [-0.1, -0.05) is 12.1 Å². The number of carbonyl (C=O) groups excluding carboxylic acids is 1. The summed E-state index contributed by atoms with van der Waals surface area (Å²) in [5, 5.41) is 10.2. The highest BCUT2D eigenvalue weighted by Gasteiger charge is 2.29. The van der Waals surface area contributed by atoms with Gasteiger partial charge in [0.15, 0.2) is 0 Å². The molecule has 2 aromatic rings. The number of benzene rings is 2.